The fourth-order valence-corrected chi connectivity index (χ4v) is 5.41. The number of hydrogen-bond donors (Lipinski definition) is 1. The number of rotatable bonds is 5. The number of nitrogens with one attached hydrogen (secondary N) is 1. The first-order chi connectivity index (χ1) is 14.9. The van der Waals surface area contributed by atoms with Gasteiger partial charge in [-0.1, -0.05) is 0 Å². The highest BCUT2D eigenvalue weighted by molar-refractivity contribution is 7.89. The molecular weight excluding hydrogens is 421 g/mol. The molecule has 2 aliphatic heterocycles. The molecule has 4 rings (SSSR count). The van der Waals surface area contributed by atoms with Crippen molar-refractivity contribution in [3.8, 4) is 0 Å². The van der Waals surface area contributed by atoms with Crippen LogP contribution in [-0.2, 0) is 19.6 Å². The predicted octanol–water partition coefficient (Wildman–Crippen LogP) is 2.70. The first-order valence-corrected chi connectivity index (χ1v) is 11.9. The van der Waals surface area contributed by atoms with Crippen LogP contribution in [0.3, 0.4) is 0 Å². The Morgan fingerprint density at radius 2 is 1.55 bits per heavy atom. The summed E-state index contributed by atoms with van der Waals surface area (Å²) in [6.45, 7) is 3.65. The van der Waals surface area contributed by atoms with Crippen LogP contribution in [0.15, 0.2) is 53.4 Å². The first-order valence-electron chi connectivity index (χ1n) is 10.4. The minimum atomic E-state index is -3.68. The van der Waals surface area contributed by atoms with E-state index in [0.717, 1.165) is 36.6 Å². The molecular formula is C22H26FN3O4S. The van der Waals surface area contributed by atoms with Crippen molar-refractivity contribution in [1.82, 2.24) is 4.31 Å². The number of anilines is 2. The second-order valence-electron chi connectivity index (χ2n) is 7.77. The van der Waals surface area contributed by atoms with Crippen molar-refractivity contribution in [3.63, 3.8) is 0 Å². The van der Waals surface area contributed by atoms with Crippen LogP contribution in [0, 0.1) is 11.7 Å². The molecule has 2 saturated heterocycles. The summed E-state index contributed by atoms with van der Waals surface area (Å²) in [7, 11) is -3.68. The highest BCUT2D eigenvalue weighted by Crippen LogP contribution is 2.26. The minimum absolute atomic E-state index is 0.0668. The van der Waals surface area contributed by atoms with E-state index in [1.807, 2.05) is 24.3 Å². The second-order valence-corrected chi connectivity index (χ2v) is 9.71. The Balaban J connectivity index is 1.31. The number of morpholine rings is 1. The summed E-state index contributed by atoms with van der Waals surface area (Å²) in [6, 6.07) is 12.5. The van der Waals surface area contributed by atoms with Crippen LogP contribution in [0.4, 0.5) is 15.8 Å². The van der Waals surface area contributed by atoms with E-state index < -0.39 is 15.8 Å². The van der Waals surface area contributed by atoms with Crippen molar-refractivity contribution in [1.29, 1.82) is 0 Å². The number of halogens is 1. The van der Waals surface area contributed by atoms with Gasteiger partial charge in [0.1, 0.15) is 5.82 Å². The molecule has 166 valence electrons. The van der Waals surface area contributed by atoms with Crippen LogP contribution in [0.2, 0.25) is 0 Å². The molecule has 2 heterocycles. The lowest BCUT2D eigenvalue weighted by Crippen LogP contribution is -2.41. The van der Waals surface area contributed by atoms with E-state index >= 15 is 0 Å². The fraction of sp³-hybridized carbons (Fsp3) is 0.409. The lowest BCUT2D eigenvalue weighted by atomic mass is 9.97. The summed E-state index contributed by atoms with van der Waals surface area (Å²) < 4.78 is 45.3. The normalized spacial score (nSPS) is 18.7. The monoisotopic (exact) mass is 447 g/mol. The smallest absolute Gasteiger partial charge is 0.243 e. The van der Waals surface area contributed by atoms with Crippen LogP contribution in [-0.4, -0.2) is 58.0 Å². The summed E-state index contributed by atoms with van der Waals surface area (Å²) in [5.74, 6) is -0.830. The number of hydrogen-bond acceptors (Lipinski definition) is 5. The molecule has 9 heteroatoms. The maximum Gasteiger partial charge on any atom is 0.243 e. The van der Waals surface area contributed by atoms with E-state index in [4.69, 9.17) is 4.74 Å². The first kappa shape index (κ1) is 21.7. The van der Waals surface area contributed by atoms with Crippen molar-refractivity contribution in [2.24, 2.45) is 5.92 Å². The van der Waals surface area contributed by atoms with Crippen LogP contribution < -0.4 is 10.2 Å². The van der Waals surface area contributed by atoms with Gasteiger partial charge in [0.05, 0.1) is 18.1 Å². The molecule has 0 aromatic heterocycles. The zero-order valence-corrected chi connectivity index (χ0v) is 18.0. The molecule has 7 nitrogen and oxygen atoms in total. The van der Waals surface area contributed by atoms with Crippen LogP contribution in [0.5, 0.6) is 0 Å². The van der Waals surface area contributed by atoms with Gasteiger partial charge < -0.3 is 15.0 Å². The number of benzene rings is 2. The number of carbonyl (C=O) groups is 1. The highest BCUT2D eigenvalue weighted by atomic mass is 32.2. The molecule has 0 atom stereocenters. The third-order valence-electron chi connectivity index (χ3n) is 5.79. The number of ether oxygens (including phenoxy) is 1. The third-order valence-corrected chi connectivity index (χ3v) is 7.70. The number of amides is 1. The standard InChI is InChI=1S/C22H26FN3O4S/c23-18-1-7-21(8-2-18)31(28,29)26-11-9-17(10-12-26)22(27)24-19-3-5-20(6-4-19)25-13-15-30-16-14-25/h1-8,17H,9-16H2,(H,24,27). The van der Waals surface area contributed by atoms with Crippen molar-refractivity contribution in [2.45, 2.75) is 17.7 Å². The lowest BCUT2D eigenvalue weighted by Gasteiger charge is -2.30. The molecule has 2 fully saturated rings. The quantitative estimate of drug-likeness (QED) is 0.763. The van der Waals surface area contributed by atoms with Gasteiger partial charge >= 0.3 is 0 Å². The van der Waals surface area contributed by atoms with E-state index in [-0.39, 0.29) is 29.8 Å². The van der Waals surface area contributed by atoms with Gasteiger partial charge in [0.25, 0.3) is 0 Å². The van der Waals surface area contributed by atoms with Crippen LogP contribution >= 0.6 is 0 Å². The van der Waals surface area contributed by atoms with Gasteiger partial charge in [-0.2, -0.15) is 4.31 Å². The van der Waals surface area contributed by atoms with Gasteiger partial charge in [-0.3, -0.25) is 4.79 Å². The molecule has 0 aliphatic carbocycles. The summed E-state index contributed by atoms with van der Waals surface area (Å²) in [5.41, 5.74) is 1.82. The molecule has 0 spiro atoms. The van der Waals surface area contributed by atoms with E-state index in [1.165, 1.54) is 16.4 Å². The molecule has 0 unspecified atom stereocenters. The van der Waals surface area contributed by atoms with Gasteiger partial charge in [-0.25, -0.2) is 12.8 Å². The van der Waals surface area contributed by atoms with Crippen molar-refractivity contribution >= 4 is 27.3 Å². The Hall–Kier alpha value is -2.49. The average molecular weight is 448 g/mol. The molecule has 1 amide bonds. The largest absolute Gasteiger partial charge is 0.378 e. The SMILES string of the molecule is O=C(Nc1ccc(N2CCOCC2)cc1)C1CCN(S(=O)(=O)c2ccc(F)cc2)CC1. The Morgan fingerprint density at radius 3 is 2.16 bits per heavy atom. The van der Waals surface area contributed by atoms with Gasteiger partial charge in [-0.15, -0.1) is 0 Å². The van der Waals surface area contributed by atoms with Gasteiger partial charge in [-0.05, 0) is 61.4 Å². The summed E-state index contributed by atoms with van der Waals surface area (Å²) in [5, 5.41) is 2.94. The molecule has 2 aliphatic rings. The van der Waals surface area contributed by atoms with Crippen molar-refractivity contribution in [2.75, 3.05) is 49.6 Å². The van der Waals surface area contributed by atoms with Crippen molar-refractivity contribution < 1.29 is 22.3 Å². The maximum absolute atomic E-state index is 13.1. The number of sulfonamides is 1. The summed E-state index contributed by atoms with van der Waals surface area (Å²) >= 11 is 0. The van der Waals surface area contributed by atoms with E-state index in [1.54, 1.807) is 0 Å². The zero-order valence-electron chi connectivity index (χ0n) is 17.2. The van der Waals surface area contributed by atoms with E-state index in [2.05, 4.69) is 10.2 Å². The highest BCUT2D eigenvalue weighted by Gasteiger charge is 2.32. The summed E-state index contributed by atoms with van der Waals surface area (Å²) in [4.78, 5) is 15.0. The van der Waals surface area contributed by atoms with Gasteiger partial charge in [0.2, 0.25) is 15.9 Å². The Bertz CT molecular complexity index is 998. The van der Waals surface area contributed by atoms with Crippen LogP contribution in [0.1, 0.15) is 12.8 Å². The van der Waals surface area contributed by atoms with Gasteiger partial charge in [0, 0.05) is 43.5 Å². The molecule has 0 bridgehead atoms. The molecule has 2 aromatic carbocycles. The molecule has 0 radical (unpaired) electrons. The number of nitrogens with zero attached hydrogens (tertiary/aromatic N) is 2. The number of carbonyl (C=O) groups excluding carboxylic acids is 1. The van der Waals surface area contributed by atoms with E-state index in [0.29, 0.717) is 26.1 Å². The lowest BCUT2D eigenvalue weighted by molar-refractivity contribution is -0.120. The van der Waals surface area contributed by atoms with Gasteiger partial charge in [0.15, 0.2) is 0 Å². The molecule has 1 N–H and O–H groups in total. The van der Waals surface area contributed by atoms with E-state index in [9.17, 15) is 17.6 Å². The average Bonchev–Trinajstić information content (AvgIpc) is 2.80. The molecule has 31 heavy (non-hydrogen) atoms. The minimum Gasteiger partial charge on any atom is -0.378 e. The Kier molecular flexibility index (Phi) is 6.54. The maximum atomic E-state index is 13.1. The number of piperidine rings is 1. The summed E-state index contributed by atoms with van der Waals surface area (Å²) in [6.07, 6.45) is 0.885. The second kappa shape index (κ2) is 9.33. The Morgan fingerprint density at radius 1 is 0.935 bits per heavy atom. The van der Waals surface area contributed by atoms with Crippen molar-refractivity contribution in [3.05, 3.63) is 54.3 Å². The van der Waals surface area contributed by atoms with Crippen LogP contribution in [0.25, 0.3) is 0 Å². The zero-order chi connectivity index (χ0) is 21.8. The Labute approximate surface area is 181 Å². The molecule has 2 aromatic rings. The topological polar surface area (TPSA) is 79.0 Å². The predicted molar refractivity (Wildman–Crippen MR) is 116 cm³/mol. The molecule has 0 saturated carbocycles. The third kappa shape index (κ3) is 5.06. The fourth-order valence-electron chi connectivity index (χ4n) is 3.94.